The van der Waals surface area contributed by atoms with Crippen LogP contribution in [0, 0.1) is 48.5 Å². The number of furan rings is 2. The third-order valence-electron chi connectivity index (χ3n) is 14.1. The molecule has 396 valence electrons. The highest BCUT2D eigenvalue weighted by atomic mass is 16.5. The van der Waals surface area contributed by atoms with Crippen LogP contribution in [0.25, 0.3) is 59.9 Å². The molecule has 0 bridgehead atoms. The molecule has 0 aliphatic rings. The summed E-state index contributed by atoms with van der Waals surface area (Å²) in [5.41, 5.74) is 2.41. The third kappa shape index (κ3) is 8.87. The molecule has 4 aromatic heterocycles. The number of ether oxygens (including phenoxy) is 4. The van der Waals surface area contributed by atoms with Gasteiger partial charge in [0.15, 0.2) is 23.0 Å². The molecule has 0 saturated heterocycles. The maximum absolute atomic E-state index is 14.5. The molecule has 0 radical (unpaired) electrons. The second kappa shape index (κ2) is 19.8. The van der Waals surface area contributed by atoms with Gasteiger partial charge in [-0.2, -0.15) is 0 Å². The van der Waals surface area contributed by atoms with Crippen LogP contribution in [-0.2, 0) is 7.05 Å². The second-order valence-electron chi connectivity index (χ2n) is 19.7. The molecule has 4 heterocycles. The summed E-state index contributed by atoms with van der Waals surface area (Å²) in [6, 6.07) is 39.3. The SMILES string of the molecule is Cc1ccc(Oc2c3c(=O)n(C)c(=O)c3c(Oc3ccc(C)cc3)c3c(=O)n(-c4ccc(-c5ccc(C)c(C)c5)cc4C)c(=O)c23)cc1.Cc1ccc(Oc2c3c(=O)oc(=O)c3c(Oc3ccc(C)cc3)c3c(=O)oc(=O)c23)cc1. The first kappa shape index (κ1) is 51.6. The lowest BCUT2D eigenvalue weighted by atomic mass is 9.98. The van der Waals surface area contributed by atoms with Gasteiger partial charge in [-0.1, -0.05) is 95.1 Å². The molecule has 16 nitrogen and oxygen atoms in total. The topological polar surface area (TPSA) is 210 Å². The maximum atomic E-state index is 14.5. The van der Waals surface area contributed by atoms with Crippen molar-refractivity contribution in [1.29, 1.82) is 0 Å². The van der Waals surface area contributed by atoms with E-state index in [1.54, 1.807) is 78.9 Å². The standard InChI is InChI=1S/C40H32N2O6.C24H14O8/c1-21-7-14-28(15-8-21)47-35-31-32(38(44)41(6)37(31)43)36(48-29-16-9-22(2)10-17-29)34-33(35)39(45)42(40(34)46)30-18-13-27(20-25(30)5)26-12-11-23(3)24(4)19-26;1-11-3-7-13(8-4-11)29-19-15-17(23(27)31-21(15)25)20(18-16(19)22(26)32-24(18)28)30-14-9-5-12(2)6-10-14/h7-20H,1-6H3;3-10H,1-2H3. The summed E-state index contributed by atoms with van der Waals surface area (Å²) in [5, 5.41) is -1.76. The summed E-state index contributed by atoms with van der Waals surface area (Å²) < 4.78 is 35.8. The summed E-state index contributed by atoms with van der Waals surface area (Å²) in [5.74, 6) is 0.335. The van der Waals surface area contributed by atoms with Gasteiger partial charge in [0.1, 0.15) is 66.1 Å². The summed E-state index contributed by atoms with van der Waals surface area (Å²) in [6.45, 7) is 13.5. The van der Waals surface area contributed by atoms with E-state index in [0.717, 1.165) is 48.1 Å². The minimum absolute atomic E-state index is 0.131. The molecule has 0 aliphatic heterocycles. The minimum Gasteiger partial charge on any atom is -0.456 e. The number of aryl methyl sites for hydroxylation is 7. The Balaban J connectivity index is 0.000000183. The maximum Gasteiger partial charge on any atom is 0.350 e. The van der Waals surface area contributed by atoms with E-state index >= 15 is 0 Å². The van der Waals surface area contributed by atoms with E-state index in [1.807, 2.05) is 77.1 Å². The molecule has 0 N–H and O–H groups in total. The van der Waals surface area contributed by atoms with Gasteiger partial charge in [-0.25, -0.2) is 23.7 Å². The van der Waals surface area contributed by atoms with Crippen LogP contribution in [0.5, 0.6) is 46.0 Å². The number of hydrogen-bond acceptors (Lipinski definition) is 14. The van der Waals surface area contributed by atoms with E-state index in [2.05, 4.69) is 26.0 Å². The Morgan fingerprint density at radius 1 is 0.312 bits per heavy atom. The van der Waals surface area contributed by atoms with Crippen LogP contribution in [0.1, 0.15) is 38.9 Å². The summed E-state index contributed by atoms with van der Waals surface area (Å²) >= 11 is 0. The fourth-order valence-corrected chi connectivity index (χ4v) is 9.65. The van der Waals surface area contributed by atoms with Gasteiger partial charge in [0, 0.05) is 7.05 Å². The zero-order valence-electron chi connectivity index (χ0n) is 44.3. The van der Waals surface area contributed by atoms with Gasteiger partial charge in [0.25, 0.3) is 22.2 Å². The van der Waals surface area contributed by atoms with Crippen molar-refractivity contribution in [3.8, 4) is 62.8 Å². The van der Waals surface area contributed by atoms with Crippen LogP contribution >= 0.6 is 0 Å². The van der Waals surface area contributed by atoms with Crippen molar-refractivity contribution in [2.75, 3.05) is 0 Å². The minimum atomic E-state index is -1.02. The lowest BCUT2D eigenvalue weighted by Gasteiger charge is -2.12. The molecule has 80 heavy (non-hydrogen) atoms. The van der Waals surface area contributed by atoms with Crippen LogP contribution in [0.2, 0.25) is 0 Å². The summed E-state index contributed by atoms with van der Waals surface area (Å²) in [6.07, 6.45) is 0. The monoisotopic (exact) mass is 1070 g/mol. The van der Waals surface area contributed by atoms with Crippen molar-refractivity contribution < 1.29 is 27.8 Å². The first-order chi connectivity index (χ1) is 38.3. The van der Waals surface area contributed by atoms with Crippen LogP contribution in [-0.4, -0.2) is 9.13 Å². The van der Waals surface area contributed by atoms with Gasteiger partial charge < -0.3 is 27.8 Å². The second-order valence-corrected chi connectivity index (χ2v) is 19.7. The lowest BCUT2D eigenvalue weighted by molar-refractivity contribution is 0.475. The van der Waals surface area contributed by atoms with Gasteiger partial charge in [-0.05, 0) is 137 Å². The summed E-state index contributed by atoms with van der Waals surface area (Å²) in [4.78, 5) is 107. The molecule has 0 saturated carbocycles. The van der Waals surface area contributed by atoms with Gasteiger partial charge in [0.05, 0.1) is 5.69 Å². The molecule has 16 heteroatoms. The van der Waals surface area contributed by atoms with Crippen molar-refractivity contribution in [3.63, 3.8) is 0 Å². The van der Waals surface area contributed by atoms with Crippen LogP contribution in [0.15, 0.2) is 181 Å². The molecular formula is C64H46N2O14. The normalized spacial score (nSPS) is 11.4. The van der Waals surface area contributed by atoms with E-state index in [4.69, 9.17) is 27.8 Å². The van der Waals surface area contributed by atoms with Crippen molar-refractivity contribution in [3.05, 3.63) is 255 Å². The fourth-order valence-electron chi connectivity index (χ4n) is 9.65. The molecule has 0 spiro atoms. The van der Waals surface area contributed by atoms with Gasteiger partial charge >= 0.3 is 22.5 Å². The number of aromatic nitrogens is 2. The van der Waals surface area contributed by atoms with Crippen molar-refractivity contribution >= 4 is 43.1 Å². The van der Waals surface area contributed by atoms with Crippen molar-refractivity contribution in [2.24, 2.45) is 7.05 Å². The largest absolute Gasteiger partial charge is 0.456 e. The average molecular weight is 1070 g/mol. The van der Waals surface area contributed by atoms with E-state index in [1.165, 1.54) is 12.6 Å². The smallest absolute Gasteiger partial charge is 0.350 e. The Bertz CT molecular complexity index is 4610. The number of rotatable bonds is 10. The molecule has 12 rings (SSSR count). The zero-order chi connectivity index (χ0) is 56.6. The molecule has 0 fully saturated rings. The van der Waals surface area contributed by atoms with Gasteiger partial charge in [-0.3, -0.25) is 23.7 Å². The molecule has 8 aromatic carbocycles. The molecule has 0 amide bonds. The number of nitrogens with zero attached hydrogens (tertiary/aromatic N) is 2. The highest BCUT2D eigenvalue weighted by molar-refractivity contribution is 6.12. The molecule has 0 unspecified atom stereocenters. The molecular weight excluding hydrogens is 1020 g/mol. The highest BCUT2D eigenvalue weighted by Crippen LogP contribution is 2.44. The van der Waals surface area contributed by atoms with Crippen LogP contribution in [0.4, 0.5) is 0 Å². The Labute approximate surface area is 452 Å². The lowest BCUT2D eigenvalue weighted by Crippen LogP contribution is -2.24. The van der Waals surface area contributed by atoms with Gasteiger partial charge in [0.2, 0.25) is 0 Å². The quantitative estimate of drug-likeness (QED) is 0.125. The van der Waals surface area contributed by atoms with E-state index in [9.17, 15) is 38.4 Å². The number of hydrogen-bond donors (Lipinski definition) is 0. The Morgan fingerprint density at radius 2 is 0.600 bits per heavy atom. The average Bonchev–Trinajstić information content (AvgIpc) is 4.15. The van der Waals surface area contributed by atoms with E-state index in [-0.39, 0.29) is 77.6 Å². The summed E-state index contributed by atoms with van der Waals surface area (Å²) in [7, 11) is 1.34. The molecule has 12 aromatic rings. The Kier molecular flexibility index (Phi) is 12.8. The van der Waals surface area contributed by atoms with E-state index in [0.29, 0.717) is 22.7 Å². The molecule has 0 aliphatic carbocycles. The van der Waals surface area contributed by atoms with Crippen molar-refractivity contribution in [1.82, 2.24) is 9.13 Å². The first-order valence-electron chi connectivity index (χ1n) is 25.2. The van der Waals surface area contributed by atoms with E-state index < -0.39 is 44.7 Å². The predicted octanol–water partition coefficient (Wildman–Crippen LogP) is 10.9. The third-order valence-corrected chi connectivity index (χ3v) is 14.1. The first-order valence-corrected chi connectivity index (χ1v) is 25.2. The Hall–Kier alpha value is -10.5. The fraction of sp³-hybridized carbons (Fsp3) is 0.125. The number of benzene rings is 8. The molecule has 0 atom stereocenters. The van der Waals surface area contributed by atoms with Crippen molar-refractivity contribution in [2.45, 2.75) is 48.5 Å². The Morgan fingerprint density at radius 3 is 0.912 bits per heavy atom. The van der Waals surface area contributed by atoms with Gasteiger partial charge in [-0.15, -0.1) is 0 Å². The van der Waals surface area contributed by atoms with Crippen LogP contribution < -0.4 is 63.7 Å². The van der Waals surface area contributed by atoms with Crippen LogP contribution in [0.3, 0.4) is 0 Å². The predicted molar refractivity (Wildman–Crippen MR) is 305 cm³/mol. The highest BCUT2D eigenvalue weighted by Gasteiger charge is 2.33. The number of fused-ring (bicyclic) bond motifs is 4. The zero-order valence-corrected chi connectivity index (χ0v) is 44.3.